The molecule has 2 heterocycles. The molecule has 5 nitrogen and oxygen atoms in total. The van der Waals surface area contributed by atoms with Gasteiger partial charge in [-0.05, 0) is 18.2 Å². The van der Waals surface area contributed by atoms with Crippen LogP contribution in [0, 0.1) is 0 Å². The number of H-pyrrole nitrogens is 1. The SMILES string of the molecule is OCCc1cnc(-c2ccc3c(c2)OCCO3)[nH]1. The van der Waals surface area contributed by atoms with Crippen molar-refractivity contribution in [1.29, 1.82) is 0 Å². The zero-order chi connectivity index (χ0) is 12.4. The second-order valence-electron chi connectivity index (χ2n) is 4.09. The highest BCUT2D eigenvalue weighted by atomic mass is 16.6. The largest absolute Gasteiger partial charge is 0.486 e. The Balaban J connectivity index is 1.91. The molecule has 0 atom stereocenters. The molecule has 0 bridgehead atoms. The summed E-state index contributed by atoms with van der Waals surface area (Å²) in [6.07, 6.45) is 2.32. The third-order valence-corrected chi connectivity index (χ3v) is 2.83. The van der Waals surface area contributed by atoms with Gasteiger partial charge in [0.15, 0.2) is 11.5 Å². The standard InChI is InChI=1S/C13H14N2O3/c16-4-3-10-8-14-13(15-10)9-1-2-11-12(7-9)18-6-5-17-11/h1-2,7-8,16H,3-6H2,(H,14,15). The van der Waals surface area contributed by atoms with Gasteiger partial charge in [-0.1, -0.05) is 0 Å². The van der Waals surface area contributed by atoms with Crippen LogP contribution in [-0.4, -0.2) is 34.9 Å². The van der Waals surface area contributed by atoms with Gasteiger partial charge in [-0.15, -0.1) is 0 Å². The fourth-order valence-electron chi connectivity index (χ4n) is 1.94. The minimum absolute atomic E-state index is 0.114. The summed E-state index contributed by atoms with van der Waals surface area (Å²) in [5.74, 6) is 2.29. The van der Waals surface area contributed by atoms with Crippen LogP contribution in [-0.2, 0) is 6.42 Å². The highest BCUT2D eigenvalue weighted by Crippen LogP contribution is 2.33. The molecule has 0 aliphatic carbocycles. The summed E-state index contributed by atoms with van der Waals surface area (Å²) in [6, 6.07) is 5.74. The van der Waals surface area contributed by atoms with E-state index in [-0.39, 0.29) is 6.61 Å². The molecule has 0 saturated heterocycles. The van der Waals surface area contributed by atoms with E-state index < -0.39 is 0 Å². The third-order valence-electron chi connectivity index (χ3n) is 2.83. The lowest BCUT2D eigenvalue weighted by atomic mass is 10.2. The van der Waals surface area contributed by atoms with Crippen LogP contribution in [0.15, 0.2) is 24.4 Å². The van der Waals surface area contributed by atoms with E-state index in [9.17, 15) is 0 Å². The molecule has 5 heteroatoms. The smallest absolute Gasteiger partial charge is 0.162 e. The first-order chi connectivity index (χ1) is 8.86. The van der Waals surface area contributed by atoms with Gasteiger partial charge in [0, 0.05) is 30.5 Å². The normalized spacial score (nSPS) is 13.6. The molecular formula is C13H14N2O3. The van der Waals surface area contributed by atoms with Crippen molar-refractivity contribution in [3.63, 3.8) is 0 Å². The lowest BCUT2D eigenvalue weighted by Crippen LogP contribution is -2.15. The molecule has 0 radical (unpaired) electrons. The van der Waals surface area contributed by atoms with Gasteiger partial charge in [-0.2, -0.15) is 0 Å². The van der Waals surface area contributed by atoms with Crippen LogP contribution in [0.3, 0.4) is 0 Å². The average molecular weight is 246 g/mol. The maximum Gasteiger partial charge on any atom is 0.162 e. The molecule has 94 valence electrons. The van der Waals surface area contributed by atoms with Crippen LogP contribution in [0.4, 0.5) is 0 Å². The maximum atomic E-state index is 8.87. The van der Waals surface area contributed by atoms with Crippen LogP contribution < -0.4 is 9.47 Å². The first-order valence-electron chi connectivity index (χ1n) is 5.91. The quantitative estimate of drug-likeness (QED) is 0.858. The van der Waals surface area contributed by atoms with Gasteiger partial charge < -0.3 is 19.6 Å². The van der Waals surface area contributed by atoms with E-state index in [4.69, 9.17) is 14.6 Å². The van der Waals surface area contributed by atoms with E-state index in [1.807, 2.05) is 18.2 Å². The van der Waals surface area contributed by atoms with Crippen molar-refractivity contribution in [2.75, 3.05) is 19.8 Å². The van der Waals surface area contributed by atoms with E-state index in [0.717, 1.165) is 28.6 Å². The van der Waals surface area contributed by atoms with E-state index >= 15 is 0 Å². The molecule has 0 spiro atoms. The van der Waals surface area contributed by atoms with Gasteiger partial charge in [0.25, 0.3) is 0 Å². The van der Waals surface area contributed by atoms with E-state index in [1.54, 1.807) is 6.20 Å². The number of rotatable bonds is 3. The molecular weight excluding hydrogens is 232 g/mol. The number of hydrogen-bond acceptors (Lipinski definition) is 4. The van der Waals surface area contributed by atoms with Crippen LogP contribution in [0.2, 0.25) is 0 Å². The molecule has 1 aromatic heterocycles. The maximum absolute atomic E-state index is 8.87. The van der Waals surface area contributed by atoms with Crippen molar-refractivity contribution in [3.8, 4) is 22.9 Å². The Labute approximate surface area is 104 Å². The number of aromatic nitrogens is 2. The second-order valence-corrected chi connectivity index (χ2v) is 4.09. The van der Waals surface area contributed by atoms with Crippen molar-refractivity contribution in [1.82, 2.24) is 9.97 Å². The second kappa shape index (κ2) is 4.70. The summed E-state index contributed by atoms with van der Waals surface area (Å²) in [5.41, 5.74) is 1.87. The fourth-order valence-corrected chi connectivity index (χ4v) is 1.94. The molecule has 2 N–H and O–H groups in total. The first-order valence-corrected chi connectivity index (χ1v) is 5.91. The van der Waals surface area contributed by atoms with Crippen molar-refractivity contribution in [2.24, 2.45) is 0 Å². The number of aromatic amines is 1. The van der Waals surface area contributed by atoms with Crippen LogP contribution in [0.5, 0.6) is 11.5 Å². The molecule has 0 fully saturated rings. The third kappa shape index (κ3) is 2.04. The predicted octanol–water partition coefficient (Wildman–Crippen LogP) is 1.38. The molecule has 18 heavy (non-hydrogen) atoms. The van der Waals surface area contributed by atoms with Gasteiger partial charge in [-0.3, -0.25) is 0 Å². The monoisotopic (exact) mass is 246 g/mol. The Bertz CT molecular complexity index is 551. The zero-order valence-corrected chi connectivity index (χ0v) is 9.85. The van der Waals surface area contributed by atoms with E-state index in [2.05, 4.69) is 9.97 Å². The molecule has 0 saturated carbocycles. The van der Waals surface area contributed by atoms with E-state index in [1.165, 1.54) is 0 Å². The Morgan fingerprint density at radius 3 is 2.89 bits per heavy atom. The van der Waals surface area contributed by atoms with Crippen molar-refractivity contribution in [3.05, 3.63) is 30.1 Å². The molecule has 0 unspecified atom stereocenters. The lowest BCUT2D eigenvalue weighted by Gasteiger charge is -2.18. The highest BCUT2D eigenvalue weighted by Gasteiger charge is 2.13. The lowest BCUT2D eigenvalue weighted by molar-refractivity contribution is 0.171. The average Bonchev–Trinajstić information content (AvgIpc) is 2.87. The molecule has 1 aliphatic heterocycles. The number of aliphatic hydroxyl groups is 1. The number of benzene rings is 1. The molecule has 0 amide bonds. The molecule has 3 rings (SSSR count). The Morgan fingerprint density at radius 1 is 1.22 bits per heavy atom. The predicted molar refractivity (Wildman–Crippen MR) is 65.8 cm³/mol. The number of fused-ring (bicyclic) bond motifs is 1. The van der Waals surface area contributed by atoms with Crippen molar-refractivity contribution >= 4 is 0 Å². The number of nitrogens with one attached hydrogen (secondary N) is 1. The van der Waals surface area contributed by atoms with Gasteiger partial charge in [-0.25, -0.2) is 4.98 Å². The topological polar surface area (TPSA) is 67.4 Å². The minimum atomic E-state index is 0.114. The van der Waals surface area contributed by atoms with Crippen molar-refractivity contribution < 1.29 is 14.6 Å². The van der Waals surface area contributed by atoms with Gasteiger partial charge in [0.2, 0.25) is 0 Å². The Kier molecular flexibility index (Phi) is 2.90. The summed E-state index contributed by atoms with van der Waals surface area (Å²) >= 11 is 0. The number of imidazole rings is 1. The van der Waals surface area contributed by atoms with Crippen LogP contribution >= 0.6 is 0 Å². The highest BCUT2D eigenvalue weighted by molar-refractivity contribution is 5.61. The number of ether oxygens (including phenoxy) is 2. The van der Waals surface area contributed by atoms with Gasteiger partial charge >= 0.3 is 0 Å². The summed E-state index contributed by atoms with van der Waals surface area (Å²) < 4.78 is 11.0. The van der Waals surface area contributed by atoms with Crippen molar-refractivity contribution in [2.45, 2.75) is 6.42 Å². The van der Waals surface area contributed by atoms with Gasteiger partial charge in [0.05, 0.1) is 0 Å². The van der Waals surface area contributed by atoms with Crippen LogP contribution in [0.25, 0.3) is 11.4 Å². The van der Waals surface area contributed by atoms with E-state index in [0.29, 0.717) is 19.6 Å². The Hall–Kier alpha value is -2.01. The zero-order valence-electron chi connectivity index (χ0n) is 9.85. The number of hydrogen-bond donors (Lipinski definition) is 2. The number of aliphatic hydroxyl groups excluding tert-OH is 1. The fraction of sp³-hybridized carbons (Fsp3) is 0.308. The summed E-state index contributed by atoms with van der Waals surface area (Å²) in [6.45, 7) is 1.28. The summed E-state index contributed by atoms with van der Waals surface area (Å²) in [4.78, 5) is 7.46. The minimum Gasteiger partial charge on any atom is -0.486 e. The molecule has 1 aromatic carbocycles. The number of nitrogens with zero attached hydrogens (tertiary/aromatic N) is 1. The molecule has 2 aromatic rings. The summed E-state index contributed by atoms with van der Waals surface area (Å²) in [7, 11) is 0. The van der Waals surface area contributed by atoms with Crippen LogP contribution in [0.1, 0.15) is 5.69 Å². The summed E-state index contributed by atoms with van der Waals surface area (Å²) in [5, 5.41) is 8.87. The first kappa shape index (κ1) is 11.1. The Morgan fingerprint density at radius 2 is 2.06 bits per heavy atom. The molecule has 1 aliphatic rings. The van der Waals surface area contributed by atoms with Gasteiger partial charge in [0.1, 0.15) is 19.0 Å².